The van der Waals surface area contributed by atoms with E-state index in [-0.39, 0.29) is 11.6 Å². The number of rotatable bonds is 3. The van der Waals surface area contributed by atoms with Crippen molar-refractivity contribution in [1.82, 2.24) is 19.4 Å². The van der Waals surface area contributed by atoms with Gasteiger partial charge in [0.15, 0.2) is 5.52 Å². The third-order valence-electron chi connectivity index (χ3n) is 4.75. The van der Waals surface area contributed by atoms with Crippen LogP contribution in [0.2, 0.25) is 0 Å². The maximum atomic E-state index is 12.7. The van der Waals surface area contributed by atoms with E-state index in [1.54, 1.807) is 23.2 Å². The van der Waals surface area contributed by atoms with Crippen molar-refractivity contribution in [3.8, 4) is 0 Å². The van der Waals surface area contributed by atoms with Gasteiger partial charge in [0, 0.05) is 31.9 Å². The Morgan fingerprint density at radius 1 is 1.12 bits per heavy atom. The lowest BCUT2D eigenvalue weighted by Crippen LogP contribution is -2.37. The molecule has 0 unspecified atom stereocenters. The van der Waals surface area contributed by atoms with Crippen molar-refractivity contribution >= 4 is 11.0 Å². The fraction of sp³-hybridized carbons (Fsp3) is 0.316. The normalized spacial score (nSPS) is 16.0. The molecule has 0 amide bonds. The number of hydrogen-bond acceptors (Lipinski definition) is 4. The number of pyridine rings is 1. The highest BCUT2D eigenvalue weighted by Crippen LogP contribution is 2.20. The second-order valence-corrected chi connectivity index (χ2v) is 6.43. The molecule has 1 aliphatic heterocycles. The molecule has 24 heavy (non-hydrogen) atoms. The van der Waals surface area contributed by atoms with Crippen molar-refractivity contribution < 1.29 is 0 Å². The Bertz CT molecular complexity index is 934. The quantitative estimate of drug-likeness (QED) is 0.744. The van der Waals surface area contributed by atoms with Gasteiger partial charge in [-0.3, -0.25) is 14.3 Å². The van der Waals surface area contributed by atoms with Gasteiger partial charge < -0.3 is 0 Å². The fourth-order valence-corrected chi connectivity index (χ4v) is 3.45. The van der Waals surface area contributed by atoms with Gasteiger partial charge in [-0.1, -0.05) is 24.3 Å². The van der Waals surface area contributed by atoms with E-state index in [0.717, 1.165) is 26.1 Å². The van der Waals surface area contributed by atoms with Crippen LogP contribution in [0.15, 0.2) is 53.7 Å². The van der Waals surface area contributed by atoms with Crippen LogP contribution in [-0.4, -0.2) is 32.5 Å². The molecule has 1 aliphatic rings. The minimum absolute atomic E-state index is 0.0571. The van der Waals surface area contributed by atoms with Crippen molar-refractivity contribution in [1.29, 1.82) is 0 Å². The SMILES string of the molecule is C[C@H](CN1CCc2ccccc2C1)n1cnc2cccnc2c1=O. The predicted octanol–water partition coefficient (Wildman–Crippen LogP) is 2.41. The molecule has 0 N–H and O–H groups in total. The van der Waals surface area contributed by atoms with E-state index in [0.29, 0.717) is 11.0 Å². The number of fused-ring (bicyclic) bond motifs is 2. The molecule has 1 aromatic carbocycles. The van der Waals surface area contributed by atoms with Gasteiger partial charge in [0.05, 0.1) is 11.8 Å². The second-order valence-electron chi connectivity index (χ2n) is 6.43. The molecule has 0 saturated carbocycles. The zero-order chi connectivity index (χ0) is 16.5. The van der Waals surface area contributed by atoms with E-state index in [2.05, 4.69) is 46.1 Å². The summed E-state index contributed by atoms with van der Waals surface area (Å²) in [6.45, 7) is 4.86. The standard InChI is InChI=1S/C19H20N4O/c1-14(11-22-10-8-15-5-2-3-6-16(15)12-22)23-13-21-17-7-4-9-20-18(17)19(23)24/h2-7,9,13-14H,8,10-12H2,1H3/t14-/m1/s1. The first-order valence-corrected chi connectivity index (χ1v) is 8.33. The molecule has 122 valence electrons. The third kappa shape index (κ3) is 2.71. The predicted molar refractivity (Wildman–Crippen MR) is 93.9 cm³/mol. The Morgan fingerprint density at radius 2 is 1.96 bits per heavy atom. The van der Waals surface area contributed by atoms with Crippen molar-refractivity contribution in [3.05, 3.63) is 70.4 Å². The smallest absolute Gasteiger partial charge is 0.280 e. The summed E-state index contributed by atoms with van der Waals surface area (Å²) in [5.41, 5.74) is 3.86. The van der Waals surface area contributed by atoms with E-state index >= 15 is 0 Å². The second kappa shape index (κ2) is 6.17. The van der Waals surface area contributed by atoms with Crippen molar-refractivity contribution in [3.63, 3.8) is 0 Å². The summed E-state index contributed by atoms with van der Waals surface area (Å²) >= 11 is 0. The summed E-state index contributed by atoms with van der Waals surface area (Å²) in [7, 11) is 0. The van der Waals surface area contributed by atoms with Crippen LogP contribution >= 0.6 is 0 Å². The molecule has 3 aromatic rings. The van der Waals surface area contributed by atoms with Crippen LogP contribution in [0.4, 0.5) is 0 Å². The lowest BCUT2D eigenvalue weighted by atomic mass is 10.00. The van der Waals surface area contributed by atoms with Gasteiger partial charge >= 0.3 is 0 Å². The molecule has 4 rings (SSSR count). The number of hydrogen-bond donors (Lipinski definition) is 0. The lowest BCUT2D eigenvalue weighted by molar-refractivity contribution is 0.219. The van der Waals surface area contributed by atoms with Crippen LogP contribution in [0.5, 0.6) is 0 Å². The van der Waals surface area contributed by atoms with Gasteiger partial charge in [0.2, 0.25) is 0 Å². The Labute approximate surface area is 140 Å². The molecular weight excluding hydrogens is 300 g/mol. The molecule has 3 heterocycles. The van der Waals surface area contributed by atoms with E-state index in [9.17, 15) is 4.79 Å². The summed E-state index contributed by atoms with van der Waals surface area (Å²) in [4.78, 5) is 23.6. The summed E-state index contributed by atoms with van der Waals surface area (Å²) in [6.07, 6.45) is 4.35. The molecule has 5 nitrogen and oxygen atoms in total. The van der Waals surface area contributed by atoms with Crippen molar-refractivity contribution in [2.24, 2.45) is 0 Å². The highest BCUT2D eigenvalue weighted by molar-refractivity contribution is 5.71. The van der Waals surface area contributed by atoms with E-state index < -0.39 is 0 Å². The average molecular weight is 320 g/mol. The summed E-state index contributed by atoms with van der Waals surface area (Å²) in [5.74, 6) is 0. The third-order valence-corrected chi connectivity index (χ3v) is 4.75. The minimum atomic E-state index is -0.0643. The zero-order valence-electron chi connectivity index (χ0n) is 13.7. The van der Waals surface area contributed by atoms with Crippen molar-refractivity contribution in [2.45, 2.75) is 25.9 Å². The van der Waals surface area contributed by atoms with Crippen LogP contribution in [-0.2, 0) is 13.0 Å². The lowest BCUT2D eigenvalue weighted by Gasteiger charge is -2.31. The summed E-state index contributed by atoms with van der Waals surface area (Å²) in [6, 6.07) is 12.3. The molecule has 0 bridgehead atoms. The van der Waals surface area contributed by atoms with E-state index in [4.69, 9.17) is 0 Å². The molecular formula is C19H20N4O. The van der Waals surface area contributed by atoms with Crippen LogP contribution in [0.3, 0.4) is 0 Å². The molecule has 0 spiro atoms. The van der Waals surface area contributed by atoms with Gasteiger partial charge in [-0.15, -0.1) is 0 Å². The van der Waals surface area contributed by atoms with Gasteiger partial charge in [-0.05, 0) is 36.6 Å². The number of benzene rings is 1. The molecule has 0 aliphatic carbocycles. The molecule has 0 fully saturated rings. The van der Waals surface area contributed by atoms with Gasteiger partial charge in [-0.2, -0.15) is 0 Å². The summed E-state index contributed by atoms with van der Waals surface area (Å²) < 4.78 is 1.70. The van der Waals surface area contributed by atoms with E-state index in [1.165, 1.54) is 11.1 Å². The maximum absolute atomic E-state index is 12.7. The number of nitrogens with zero attached hydrogens (tertiary/aromatic N) is 4. The molecule has 1 atom stereocenters. The Kier molecular flexibility index (Phi) is 3.86. The zero-order valence-corrected chi connectivity index (χ0v) is 13.7. The highest BCUT2D eigenvalue weighted by atomic mass is 16.1. The van der Waals surface area contributed by atoms with Gasteiger partial charge in [0.25, 0.3) is 5.56 Å². The fourth-order valence-electron chi connectivity index (χ4n) is 3.45. The topological polar surface area (TPSA) is 51.0 Å². The van der Waals surface area contributed by atoms with Crippen LogP contribution in [0, 0.1) is 0 Å². The van der Waals surface area contributed by atoms with Crippen LogP contribution in [0.1, 0.15) is 24.1 Å². The largest absolute Gasteiger partial charge is 0.297 e. The molecule has 2 aromatic heterocycles. The first kappa shape index (κ1) is 15.0. The van der Waals surface area contributed by atoms with Crippen LogP contribution in [0.25, 0.3) is 11.0 Å². The Morgan fingerprint density at radius 3 is 2.83 bits per heavy atom. The first-order valence-electron chi connectivity index (χ1n) is 8.33. The molecule has 0 saturated heterocycles. The number of aromatic nitrogens is 3. The van der Waals surface area contributed by atoms with Crippen molar-refractivity contribution in [2.75, 3.05) is 13.1 Å². The van der Waals surface area contributed by atoms with Crippen LogP contribution < -0.4 is 5.56 Å². The average Bonchev–Trinajstić information content (AvgIpc) is 2.62. The molecule has 0 radical (unpaired) electrons. The van der Waals surface area contributed by atoms with E-state index in [1.807, 2.05) is 6.07 Å². The Balaban J connectivity index is 1.56. The maximum Gasteiger partial charge on any atom is 0.280 e. The highest BCUT2D eigenvalue weighted by Gasteiger charge is 2.19. The molecule has 5 heteroatoms. The first-order chi connectivity index (χ1) is 11.7. The van der Waals surface area contributed by atoms with Gasteiger partial charge in [0.1, 0.15) is 0 Å². The van der Waals surface area contributed by atoms with Gasteiger partial charge in [-0.25, -0.2) is 9.97 Å². The minimum Gasteiger partial charge on any atom is -0.297 e. The monoisotopic (exact) mass is 320 g/mol. The summed E-state index contributed by atoms with van der Waals surface area (Å²) in [5, 5.41) is 0. The Hall–Kier alpha value is -2.53.